The third kappa shape index (κ3) is 10.1. The summed E-state index contributed by atoms with van der Waals surface area (Å²) in [5.41, 5.74) is 0. The molecule has 0 radical (unpaired) electrons. The van der Waals surface area contributed by atoms with Crippen LogP contribution in [0.1, 0.15) is 39.0 Å². The quantitative estimate of drug-likeness (QED) is 0.228. The minimum atomic E-state index is 0. The van der Waals surface area contributed by atoms with Crippen LogP contribution in [0.5, 0.6) is 0 Å². The van der Waals surface area contributed by atoms with Gasteiger partial charge in [0, 0.05) is 52.6 Å². The number of aliphatic imine (C=N–C) groups is 1. The molecule has 1 aliphatic rings. The molecule has 1 aromatic rings. The summed E-state index contributed by atoms with van der Waals surface area (Å²) in [7, 11) is 2.14. The fourth-order valence-electron chi connectivity index (χ4n) is 3.09. The molecule has 0 unspecified atom stereocenters. The van der Waals surface area contributed by atoms with Gasteiger partial charge in [-0.15, -0.1) is 24.0 Å². The second-order valence-corrected chi connectivity index (χ2v) is 6.85. The van der Waals surface area contributed by atoms with Crippen molar-refractivity contribution < 1.29 is 4.74 Å². The fraction of sp³-hybridized carbons (Fsp3) is 0.700. The van der Waals surface area contributed by atoms with Crippen LogP contribution in [0.3, 0.4) is 0 Å². The first kappa shape index (κ1) is 23.9. The maximum absolute atomic E-state index is 5.45. The van der Waals surface area contributed by atoms with E-state index in [1.807, 2.05) is 24.4 Å². The van der Waals surface area contributed by atoms with Crippen LogP contribution in [-0.4, -0.2) is 62.3 Å². The predicted octanol–water partition coefficient (Wildman–Crippen LogP) is 3.61. The van der Waals surface area contributed by atoms with E-state index in [0.717, 1.165) is 69.9 Å². The van der Waals surface area contributed by atoms with Gasteiger partial charge in [-0.1, -0.05) is 6.07 Å². The number of nitrogens with zero attached hydrogens (tertiary/aromatic N) is 3. The number of ether oxygens (including phenoxy) is 1. The molecule has 7 heteroatoms. The van der Waals surface area contributed by atoms with Crippen molar-refractivity contribution in [1.29, 1.82) is 0 Å². The lowest BCUT2D eigenvalue weighted by molar-refractivity contribution is 0.0625. The van der Waals surface area contributed by atoms with Crippen molar-refractivity contribution in [2.75, 3.05) is 51.8 Å². The zero-order valence-electron chi connectivity index (χ0n) is 16.8. The Morgan fingerprint density at radius 3 is 2.81 bits per heavy atom. The van der Waals surface area contributed by atoms with Gasteiger partial charge in [0.25, 0.3) is 0 Å². The Kier molecular flexibility index (Phi) is 13.2. The molecule has 27 heavy (non-hydrogen) atoms. The highest BCUT2D eigenvalue weighted by Crippen LogP contribution is 2.18. The Bertz CT molecular complexity index is 508. The maximum Gasteiger partial charge on any atom is 0.193 e. The van der Waals surface area contributed by atoms with Gasteiger partial charge in [0.1, 0.15) is 5.82 Å². The largest absolute Gasteiger partial charge is 0.381 e. The molecule has 0 aliphatic carbocycles. The molecule has 1 saturated heterocycles. The predicted molar refractivity (Wildman–Crippen MR) is 124 cm³/mol. The standard InChI is InChI=1S/C20H35N5O.HI/c1-3-21-20(25(2)15-9-18-10-16-26-17-11-18)24-14-7-6-13-23-19-8-4-5-12-22-19;/h4-5,8,12,18H,3,6-7,9-11,13-17H2,1-2H3,(H,21,24)(H,22,23);1H. The Morgan fingerprint density at radius 1 is 1.30 bits per heavy atom. The molecule has 0 atom stereocenters. The Labute approximate surface area is 181 Å². The minimum Gasteiger partial charge on any atom is -0.381 e. The highest BCUT2D eigenvalue weighted by Gasteiger charge is 2.15. The van der Waals surface area contributed by atoms with Gasteiger partial charge in [-0.3, -0.25) is 4.99 Å². The molecule has 6 nitrogen and oxygen atoms in total. The van der Waals surface area contributed by atoms with Gasteiger partial charge in [-0.25, -0.2) is 4.98 Å². The first-order chi connectivity index (χ1) is 12.8. The van der Waals surface area contributed by atoms with Gasteiger partial charge < -0.3 is 20.3 Å². The molecule has 1 aliphatic heterocycles. The van der Waals surface area contributed by atoms with E-state index in [1.54, 1.807) is 0 Å². The number of pyridine rings is 1. The number of hydrogen-bond donors (Lipinski definition) is 2. The van der Waals surface area contributed by atoms with Crippen molar-refractivity contribution in [2.24, 2.45) is 10.9 Å². The SMILES string of the molecule is CCNC(=NCCCCNc1ccccn1)N(C)CCC1CCOCC1.I. The van der Waals surface area contributed by atoms with Gasteiger partial charge >= 0.3 is 0 Å². The second-order valence-electron chi connectivity index (χ2n) is 6.85. The van der Waals surface area contributed by atoms with Gasteiger partial charge in [0.05, 0.1) is 0 Å². The molecule has 1 aromatic heterocycles. The summed E-state index contributed by atoms with van der Waals surface area (Å²) in [6.45, 7) is 7.72. The molecular weight excluding hydrogens is 453 g/mol. The van der Waals surface area contributed by atoms with Crippen LogP contribution < -0.4 is 10.6 Å². The smallest absolute Gasteiger partial charge is 0.193 e. The average molecular weight is 489 g/mol. The highest BCUT2D eigenvalue weighted by molar-refractivity contribution is 14.0. The molecule has 0 spiro atoms. The molecule has 0 aromatic carbocycles. The van der Waals surface area contributed by atoms with Crippen LogP contribution in [0.4, 0.5) is 5.82 Å². The number of aromatic nitrogens is 1. The average Bonchev–Trinajstić information content (AvgIpc) is 2.69. The number of hydrogen-bond acceptors (Lipinski definition) is 4. The van der Waals surface area contributed by atoms with Crippen molar-refractivity contribution in [2.45, 2.75) is 39.0 Å². The summed E-state index contributed by atoms with van der Waals surface area (Å²) in [6, 6.07) is 5.92. The van der Waals surface area contributed by atoms with Crippen molar-refractivity contribution >= 4 is 35.8 Å². The van der Waals surface area contributed by atoms with Crippen molar-refractivity contribution in [3.63, 3.8) is 0 Å². The number of unbranched alkanes of at least 4 members (excludes halogenated alkanes) is 1. The molecular formula is C20H36IN5O. The Morgan fingerprint density at radius 2 is 2.11 bits per heavy atom. The first-order valence-electron chi connectivity index (χ1n) is 10.0. The van der Waals surface area contributed by atoms with E-state index in [1.165, 1.54) is 19.3 Å². The molecule has 2 N–H and O–H groups in total. The molecule has 154 valence electrons. The van der Waals surface area contributed by atoms with E-state index in [-0.39, 0.29) is 24.0 Å². The van der Waals surface area contributed by atoms with Crippen LogP contribution in [0.25, 0.3) is 0 Å². The number of halogens is 1. The van der Waals surface area contributed by atoms with E-state index in [2.05, 4.69) is 34.5 Å². The summed E-state index contributed by atoms with van der Waals surface area (Å²) in [6.07, 6.45) is 7.59. The van der Waals surface area contributed by atoms with Crippen molar-refractivity contribution in [1.82, 2.24) is 15.2 Å². The zero-order valence-corrected chi connectivity index (χ0v) is 19.2. The van der Waals surface area contributed by atoms with E-state index in [0.29, 0.717) is 0 Å². The number of rotatable bonds is 10. The van der Waals surface area contributed by atoms with Gasteiger partial charge in [0.15, 0.2) is 5.96 Å². The van der Waals surface area contributed by atoms with E-state index in [4.69, 9.17) is 9.73 Å². The zero-order chi connectivity index (χ0) is 18.5. The fourth-order valence-corrected chi connectivity index (χ4v) is 3.09. The monoisotopic (exact) mass is 489 g/mol. The Balaban J connectivity index is 0.00000364. The molecule has 0 amide bonds. The summed E-state index contributed by atoms with van der Waals surface area (Å²) in [5, 5.41) is 6.75. The summed E-state index contributed by atoms with van der Waals surface area (Å²) in [5.74, 6) is 2.76. The third-order valence-corrected chi connectivity index (χ3v) is 4.73. The Hall–Kier alpha value is -1.09. The summed E-state index contributed by atoms with van der Waals surface area (Å²) >= 11 is 0. The highest BCUT2D eigenvalue weighted by atomic mass is 127. The van der Waals surface area contributed by atoms with Crippen LogP contribution in [0.15, 0.2) is 29.4 Å². The molecule has 1 fully saturated rings. The number of nitrogens with one attached hydrogen (secondary N) is 2. The molecule has 0 saturated carbocycles. The lowest BCUT2D eigenvalue weighted by Crippen LogP contribution is -2.40. The van der Waals surface area contributed by atoms with E-state index in [9.17, 15) is 0 Å². The number of anilines is 1. The lowest BCUT2D eigenvalue weighted by atomic mass is 9.96. The van der Waals surface area contributed by atoms with Crippen LogP contribution in [-0.2, 0) is 4.74 Å². The maximum atomic E-state index is 5.45. The molecule has 2 heterocycles. The first-order valence-corrected chi connectivity index (χ1v) is 10.0. The second kappa shape index (κ2) is 14.9. The van der Waals surface area contributed by atoms with Gasteiger partial charge in [-0.05, 0) is 57.1 Å². The third-order valence-electron chi connectivity index (χ3n) is 4.73. The molecule has 2 rings (SSSR count). The normalized spacial score (nSPS) is 15.1. The van der Waals surface area contributed by atoms with Gasteiger partial charge in [-0.2, -0.15) is 0 Å². The van der Waals surface area contributed by atoms with E-state index >= 15 is 0 Å². The summed E-state index contributed by atoms with van der Waals surface area (Å²) < 4.78 is 5.45. The van der Waals surface area contributed by atoms with Crippen LogP contribution in [0, 0.1) is 5.92 Å². The number of guanidine groups is 1. The minimum absolute atomic E-state index is 0. The summed E-state index contributed by atoms with van der Waals surface area (Å²) in [4.78, 5) is 11.3. The topological polar surface area (TPSA) is 61.8 Å². The molecule has 0 bridgehead atoms. The van der Waals surface area contributed by atoms with Crippen molar-refractivity contribution in [3.05, 3.63) is 24.4 Å². The lowest BCUT2D eigenvalue weighted by Gasteiger charge is -2.26. The van der Waals surface area contributed by atoms with Crippen LogP contribution in [0.2, 0.25) is 0 Å². The van der Waals surface area contributed by atoms with E-state index < -0.39 is 0 Å². The van der Waals surface area contributed by atoms with Gasteiger partial charge in [0.2, 0.25) is 0 Å². The van der Waals surface area contributed by atoms with Crippen molar-refractivity contribution in [3.8, 4) is 0 Å². The van der Waals surface area contributed by atoms with Crippen LogP contribution >= 0.6 is 24.0 Å².